The summed E-state index contributed by atoms with van der Waals surface area (Å²) >= 11 is 0. The molecule has 1 aliphatic rings. The van der Waals surface area contributed by atoms with E-state index in [1.807, 2.05) is 0 Å². The average molecular weight is 283 g/mol. The van der Waals surface area contributed by atoms with Crippen molar-refractivity contribution in [3.63, 3.8) is 0 Å². The van der Waals surface area contributed by atoms with Gasteiger partial charge in [-0.25, -0.2) is 8.42 Å². The van der Waals surface area contributed by atoms with Gasteiger partial charge >= 0.3 is 0 Å². The predicted octanol–water partition coefficient (Wildman–Crippen LogP) is 0.0905. The average Bonchev–Trinajstić information content (AvgIpc) is 2.66. The Hall–Kier alpha value is -1.44. The number of nitrogens with one attached hydrogen (secondary N) is 1. The standard InChI is InChI=1S/C12H17N3O3S/c13-6-9-18-8-3-7-14-12-10-4-1-2-5-11(10)19(16,17)15-12/h1-2,4-5H,3,6-9,13H2,(H,14,15). The van der Waals surface area contributed by atoms with Crippen molar-refractivity contribution in [3.8, 4) is 0 Å². The quantitative estimate of drug-likeness (QED) is 0.724. The molecule has 0 saturated carbocycles. The van der Waals surface area contributed by atoms with Crippen LogP contribution in [0.1, 0.15) is 12.0 Å². The normalized spacial score (nSPS) is 18.3. The molecule has 1 aliphatic heterocycles. The van der Waals surface area contributed by atoms with Gasteiger partial charge in [0.05, 0.1) is 11.5 Å². The Morgan fingerprint density at radius 1 is 1.26 bits per heavy atom. The van der Waals surface area contributed by atoms with Crippen LogP contribution in [-0.2, 0) is 14.8 Å². The van der Waals surface area contributed by atoms with E-state index in [9.17, 15) is 8.42 Å². The third kappa shape index (κ3) is 3.31. The lowest BCUT2D eigenvalue weighted by atomic mass is 10.2. The Labute approximate surface area is 112 Å². The highest BCUT2D eigenvalue weighted by molar-refractivity contribution is 7.90. The van der Waals surface area contributed by atoms with Gasteiger partial charge in [-0.15, -0.1) is 0 Å². The Kier molecular flexibility index (Phi) is 4.52. The fourth-order valence-electron chi connectivity index (χ4n) is 1.79. The fourth-order valence-corrected chi connectivity index (χ4v) is 3.05. The van der Waals surface area contributed by atoms with Gasteiger partial charge in [-0.1, -0.05) is 12.1 Å². The summed E-state index contributed by atoms with van der Waals surface area (Å²) in [7, 11) is -3.43. The Morgan fingerprint density at radius 3 is 2.84 bits per heavy atom. The van der Waals surface area contributed by atoms with E-state index in [-0.39, 0.29) is 4.90 Å². The summed E-state index contributed by atoms with van der Waals surface area (Å²) in [5.74, 6) is 0.412. The molecule has 3 N–H and O–H groups in total. The van der Waals surface area contributed by atoms with Crippen molar-refractivity contribution in [1.82, 2.24) is 4.72 Å². The van der Waals surface area contributed by atoms with Crippen LogP contribution in [0.25, 0.3) is 0 Å². The zero-order valence-electron chi connectivity index (χ0n) is 10.5. The Bertz CT molecular complexity index is 569. The lowest BCUT2D eigenvalue weighted by Crippen LogP contribution is -2.22. The van der Waals surface area contributed by atoms with Crippen LogP contribution in [0.5, 0.6) is 0 Å². The molecule has 104 valence electrons. The van der Waals surface area contributed by atoms with E-state index in [1.54, 1.807) is 24.3 Å². The molecule has 19 heavy (non-hydrogen) atoms. The molecule has 0 amide bonds. The van der Waals surface area contributed by atoms with E-state index < -0.39 is 10.0 Å². The number of rotatable bonds is 6. The molecule has 6 nitrogen and oxygen atoms in total. The second-order valence-corrected chi connectivity index (χ2v) is 5.74. The molecule has 0 aromatic heterocycles. The first-order valence-corrected chi connectivity index (χ1v) is 7.58. The van der Waals surface area contributed by atoms with Crippen molar-refractivity contribution in [3.05, 3.63) is 29.8 Å². The number of hydrogen-bond acceptors (Lipinski definition) is 5. The summed E-state index contributed by atoms with van der Waals surface area (Å²) in [5, 5.41) is 0. The van der Waals surface area contributed by atoms with Crippen molar-refractivity contribution < 1.29 is 13.2 Å². The number of benzene rings is 1. The minimum atomic E-state index is -3.43. The highest BCUT2D eigenvalue weighted by Crippen LogP contribution is 2.21. The van der Waals surface area contributed by atoms with Gasteiger partial charge < -0.3 is 10.5 Å². The molecule has 1 aromatic rings. The third-order valence-electron chi connectivity index (χ3n) is 2.64. The molecule has 0 unspecified atom stereocenters. The number of nitrogens with two attached hydrogens (primary N) is 1. The van der Waals surface area contributed by atoms with Crippen molar-refractivity contribution in [2.75, 3.05) is 26.3 Å². The Balaban J connectivity index is 1.99. The summed E-state index contributed by atoms with van der Waals surface area (Å²) in [6, 6.07) is 6.81. The first kappa shape index (κ1) is 14.0. The number of sulfonamides is 1. The molecule has 0 bridgehead atoms. The van der Waals surface area contributed by atoms with Crippen LogP contribution in [0.15, 0.2) is 34.2 Å². The number of fused-ring (bicyclic) bond motifs is 1. The van der Waals surface area contributed by atoms with Crippen LogP contribution in [0.3, 0.4) is 0 Å². The van der Waals surface area contributed by atoms with Gasteiger partial charge in [0.15, 0.2) is 0 Å². The van der Waals surface area contributed by atoms with Crippen LogP contribution < -0.4 is 10.5 Å². The Morgan fingerprint density at radius 2 is 2.05 bits per heavy atom. The fraction of sp³-hybridized carbons (Fsp3) is 0.417. The highest BCUT2D eigenvalue weighted by atomic mass is 32.2. The van der Waals surface area contributed by atoms with Crippen LogP contribution in [0, 0.1) is 0 Å². The number of nitrogens with zero attached hydrogens (tertiary/aromatic N) is 1. The van der Waals surface area contributed by atoms with Gasteiger partial charge in [-0.2, -0.15) is 0 Å². The predicted molar refractivity (Wildman–Crippen MR) is 72.7 cm³/mol. The maximum atomic E-state index is 11.8. The molecular weight excluding hydrogens is 266 g/mol. The number of amidine groups is 1. The van der Waals surface area contributed by atoms with Crippen LogP contribution >= 0.6 is 0 Å². The molecule has 1 aromatic carbocycles. The zero-order chi connectivity index (χ0) is 13.7. The highest BCUT2D eigenvalue weighted by Gasteiger charge is 2.29. The smallest absolute Gasteiger partial charge is 0.263 e. The van der Waals surface area contributed by atoms with Crippen LogP contribution in [0.2, 0.25) is 0 Å². The monoisotopic (exact) mass is 283 g/mol. The lowest BCUT2D eigenvalue weighted by molar-refractivity contribution is 0.140. The minimum Gasteiger partial charge on any atom is -0.380 e. The molecule has 0 aliphatic carbocycles. The summed E-state index contributed by atoms with van der Waals surface area (Å²) in [6.07, 6.45) is 0.730. The summed E-state index contributed by atoms with van der Waals surface area (Å²) < 4.78 is 31.3. The lowest BCUT2D eigenvalue weighted by Gasteiger charge is -2.01. The molecule has 2 rings (SSSR count). The van der Waals surface area contributed by atoms with Crippen molar-refractivity contribution in [1.29, 1.82) is 0 Å². The molecule has 0 radical (unpaired) electrons. The molecular formula is C12H17N3O3S. The van der Waals surface area contributed by atoms with E-state index >= 15 is 0 Å². The maximum Gasteiger partial charge on any atom is 0.263 e. The van der Waals surface area contributed by atoms with Gasteiger partial charge in [0, 0.05) is 25.3 Å². The first-order valence-electron chi connectivity index (χ1n) is 6.09. The summed E-state index contributed by atoms with van der Waals surface area (Å²) in [4.78, 5) is 4.56. The first-order chi connectivity index (χ1) is 9.15. The second kappa shape index (κ2) is 6.14. The number of aliphatic imine (C=N–C) groups is 1. The third-order valence-corrected chi connectivity index (χ3v) is 4.04. The topological polar surface area (TPSA) is 93.8 Å². The van der Waals surface area contributed by atoms with Crippen LogP contribution in [0.4, 0.5) is 0 Å². The maximum absolute atomic E-state index is 11.8. The van der Waals surface area contributed by atoms with Crippen molar-refractivity contribution >= 4 is 15.9 Å². The molecule has 0 fully saturated rings. The van der Waals surface area contributed by atoms with E-state index in [4.69, 9.17) is 10.5 Å². The van der Waals surface area contributed by atoms with Crippen LogP contribution in [-0.4, -0.2) is 40.6 Å². The van der Waals surface area contributed by atoms with Crippen molar-refractivity contribution in [2.45, 2.75) is 11.3 Å². The zero-order valence-corrected chi connectivity index (χ0v) is 11.3. The van der Waals surface area contributed by atoms with Gasteiger partial charge in [-0.05, 0) is 18.6 Å². The summed E-state index contributed by atoms with van der Waals surface area (Å²) in [5.41, 5.74) is 5.93. The largest absolute Gasteiger partial charge is 0.380 e. The molecule has 1 heterocycles. The van der Waals surface area contributed by atoms with Gasteiger partial charge in [0.1, 0.15) is 5.84 Å². The van der Waals surface area contributed by atoms with E-state index in [1.165, 1.54) is 0 Å². The minimum absolute atomic E-state index is 0.285. The molecule has 7 heteroatoms. The van der Waals surface area contributed by atoms with E-state index in [0.29, 0.717) is 37.7 Å². The molecule has 0 spiro atoms. The number of hydrogen-bond donors (Lipinski definition) is 2. The van der Waals surface area contributed by atoms with Gasteiger partial charge in [-0.3, -0.25) is 9.71 Å². The van der Waals surface area contributed by atoms with E-state index in [0.717, 1.165) is 6.42 Å². The van der Waals surface area contributed by atoms with Gasteiger partial charge in [0.25, 0.3) is 10.0 Å². The summed E-state index contributed by atoms with van der Waals surface area (Å²) in [6.45, 7) is 2.12. The molecule has 0 saturated heterocycles. The number of ether oxygens (including phenoxy) is 1. The van der Waals surface area contributed by atoms with Crippen molar-refractivity contribution in [2.24, 2.45) is 10.7 Å². The molecule has 0 atom stereocenters. The van der Waals surface area contributed by atoms with Gasteiger partial charge in [0.2, 0.25) is 0 Å². The SMILES string of the molecule is NCCOCCCN=C1NS(=O)(=O)c2ccccc21. The van der Waals surface area contributed by atoms with E-state index in [2.05, 4.69) is 9.71 Å². The second-order valence-electron chi connectivity index (χ2n) is 4.09.